The number of likely N-dealkylation sites (N-methyl/N-ethyl adjacent to an activating group) is 1. The van der Waals surface area contributed by atoms with Gasteiger partial charge in [0.25, 0.3) is 5.91 Å². The lowest BCUT2D eigenvalue weighted by Gasteiger charge is -2.17. The highest BCUT2D eigenvalue weighted by Crippen LogP contribution is 2.15. The SMILES string of the molecule is CCc1ccccc1NC(=O)CN(C)C(=O)COC(=O)c1ccc(F)cc1F. The summed E-state index contributed by atoms with van der Waals surface area (Å²) in [5.74, 6) is -4.07. The predicted molar refractivity (Wildman–Crippen MR) is 98.7 cm³/mol. The molecule has 0 heterocycles. The minimum absolute atomic E-state index is 0.251. The van der Waals surface area contributed by atoms with Gasteiger partial charge in [-0.3, -0.25) is 9.59 Å². The lowest BCUT2D eigenvalue weighted by Crippen LogP contribution is -2.37. The van der Waals surface area contributed by atoms with Crippen molar-refractivity contribution in [2.75, 3.05) is 25.5 Å². The molecule has 0 spiro atoms. The topological polar surface area (TPSA) is 75.7 Å². The lowest BCUT2D eigenvalue weighted by atomic mass is 10.1. The van der Waals surface area contributed by atoms with Gasteiger partial charge in [0.15, 0.2) is 6.61 Å². The van der Waals surface area contributed by atoms with Gasteiger partial charge in [-0.05, 0) is 30.2 Å². The number of carbonyl (C=O) groups excluding carboxylic acids is 3. The van der Waals surface area contributed by atoms with Gasteiger partial charge in [-0.25, -0.2) is 13.6 Å². The minimum atomic E-state index is -1.10. The van der Waals surface area contributed by atoms with Crippen molar-refractivity contribution in [1.82, 2.24) is 4.90 Å². The van der Waals surface area contributed by atoms with Crippen molar-refractivity contribution >= 4 is 23.5 Å². The van der Waals surface area contributed by atoms with Crippen LogP contribution in [0.25, 0.3) is 0 Å². The first-order chi connectivity index (χ1) is 13.3. The summed E-state index contributed by atoms with van der Waals surface area (Å²) in [5, 5.41) is 2.73. The molecule has 8 heteroatoms. The molecule has 6 nitrogen and oxygen atoms in total. The number of nitrogens with one attached hydrogen (secondary N) is 1. The van der Waals surface area contributed by atoms with E-state index in [1.807, 2.05) is 19.1 Å². The number of carbonyl (C=O) groups is 3. The fourth-order valence-electron chi connectivity index (χ4n) is 2.41. The van der Waals surface area contributed by atoms with Crippen LogP contribution >= 0.6 is 0 Å². The number of nitrogens with zero attached hydrogens (tertiary/aromatic N) is 1. The second-order valence-corrected chi connectivity index (χ2v) is 6.01. The van der Waals surface area contributed by atoms with Crippen LogP contribution in [0.5, 0.6) is 0 Å². The number of hydrogen-bond donors (Lipinski definition) is 1. The molecule has 0 saturated heterocycles. The molecule has 0 saturated carbocycles. The number of rotatable bonds is 7. The van der Waals surface area contributed by atoms with E-state index in [1.54, 1.807) is 12.1 Å². The summed E-state index contributed by atoms with van der Waals surface area (Å²) in [6.07, 6.45) is 0.737. The molecule has 0 radical (unpaired) electrons. The molecular weight excluding hydrogens is 370 g/mol. The summed E-state index contributed by atoms with van der Waals surface area (Å²) in [4.78, 5) is 37.1. The van der Waals surface area contributed by atoms with Gasteiger partial charge in [0.05, 0.1) is 12.1 Å². The Morgan fingerprint density at radius 3 is 2.50 bits per heavy atom. The van der Waals surface area contributed by atoms with E-state index in [2.05, 4.69) is 5.32 Å². The van der Waals surface area contributed by atoms with Gasteiger partial charge in [0, 0.05) is 18.8 Å². The van der Waals surface area contributed by atoms with Crippen molar-refractivity contribution in [1.29, 1.82) is 0 Å². The number of amides is 2. The molecule has 0 fully saturated rings. The third kappa shape index (κ3) is 5.60. The summed E-state index contributed by atoms with van der Waals surface area (Å²) in [5.41, 5.74) is 1.14. The van der Waals surface area contributed by atoms with Crippen molar-refractivity contribution in [2.45, 2.75) is 13.3 Å². The lowest BCUT2D eigenvalue weighted by molar-refractivity contribution is -0.136. The molecule has 148 valence electrons. The van der Waals surface area contributed by atoms with Gasteiger partial charge in [0.1, 0.15) is 11.6 Å². The van der Waals surface area contributed by atoms with E-state index >= 15 is 0 Å². The maximum Gasteiger partial charge on any atom is 0.341 e. The Bertz CT molecular complexity index is 886. The molecule has 0 bridgehead atoms. The van der Waals surface area contributed by atoms with Gasteiger partial charge in [0.2, 0.25) is 5.91 Å². The standard InChI is InChI=1S/C20H20F2N2O4/c1-3-13-6-4-5-7-17(13)23-18(25)11-24(2)19(26)12-28-20(27)15-9-8-14(21)10-16(15)22/h4-10H,3,11-12H2,1-2H3,(H,23,25). The first kappa shape index (κ1) is 21.0. The van der Waals surface area contributed by atoms with E-state index in [-0.39, 0.29) is 6.54 Å². The molecule has 0 atom stereocenters. The third-order valence-corrected chi connectivity index (χ3v) is 3.96. The van der Waals surface area contributed by atoms with Crippen molar-refractivity contribution < 1.29 is 27.9 Å². The zero-order valence-corrected chi connectivity index (χ0v) is 15.5. The number of benzene rings is 2. The molecule has 0 aromatic heterocycles. The molecule has 0 aliphatic carbocycles. The van der Waals surface area contributed by atoms with Gasteiger partial charge < -0.3 is 15.0 Å². The molecule has 2 aromatic rings. The van der Waals surface area contributed by atoms with E-state index in [0.29, 0.717) is 11.8 Å². The zero-order valence-electron chi connectivity index (χ0n) is 15.5. The van der Waals surface area contributed by atoms with E-state index in [1.165, 1.54) is 7.05 Å². The van der Waals surface area contributed by atoms with Gasteiger partial charge in [-0.1, -0.05) is 25.1 Å². The largest absolute Gasteiger partial charge is 0.452 e. The molecule has 0 aliphatic rings. The Hall–Kier alpha value is -3.29. The second kappa shape index (κ2) is 9.59. The Labute approximate surface area is 161 Å². The monoisotopic (exact) mass is 390 g/mol. The van der Waals surface area contributed by atoms with Crippen LogP contribution in [-0.2, 0) is 20.7 Å². The van der Waals surface area contributed by atoms with Gasteiger partial charge in [-0.15, -0.1) is 0 Å². The smallest absolute Gasteiger partial charge is 0.341 e. The second-order valence-electron chi connectivity index (χ2n) is 6.01. The highest BCUT2D eigenvalue weighted by molar-refractivity contribution is 5.96. The van der Waals surface area contributed by atoms with E-state index in [4.69, 9.17) is 4.74 Å². The van der Waals surface area contributed by atoms with Crippen LogP contribution in [0.4, 0.5) is 14.5 Å². The summed E-state index contributed by atoms with van der Waals surface area (Å²) in [7, 11) is 1.37. The van der Waals surface area contributed by atoms with Crippen LogP contribution in [0.1, 0.15) is 22.8 Å². The number of hydrogen-bond acceptors (Lipinski definition) is 4. The van der Waals surface area contributed by atoms with E-state index in [9.17, 15) is 23.2 Å². The first-order valence-corrected chi connectivity index (χ1v) is 8.55. The maximum absolute atomic E-state index is 13.5. The number of ether oxygens (including phenoxy) is 1. The maximum atomic E-state index is 13.5. The number of aryl methyl sites for hydroxylation is 1. The minimum Gasteiger partial charge on any atom is -0.452 e. The third-order valence-electron chi connectivity index (χ3n) is 3.96. The molecule has 1 N–H and O–H groups in total. The molecule has 0 aliphatic heterocycles. The normalized spacial score (nSPS) is 10.3. The van der Waals surface area contributed by atoms with Crippen LogP contribution < -0.4 is 5.32 Å². The number of para-hydroxylation sites is 1. The summed E-state index contributed by atoms with van der Waals surface area (Å²) in [6.45, 7) is 1.03. The number of esters is 1. The Morgan fingerprint density at radius 2 is 1.82 bits per heavy atom. The van der Waals surface area contributed by atoms with Crippen molar-refractivity contribution in [3.05, 3.63) is 65.2 Å². The predicted octanol–water partition coefficient (Wildman–Crippen LogP) is 2.78. The quantitative estimate of drug-likeness (QED) is 0.738. The Balaban J connectivity index is 1.86. The summed E-state index contributed by atoms with van der Waals surface area (Å²) in [6, 6.07) is 9.69. The molecule has 0 unspecified atom stereocenters. The molecule has 2 amide bonds. The van der Waals surface area contributed by atoms with Crippen LogP contribution in [0.2, 0.25) is 0 Å². The highest BCUT2D eigenvalue weighted by atomic mass is 19.1. The number of halogens is 2. The molecule has 28 heavy (non-hydrogen) atoms. The fourth-order valence-corrected chi connectivity index (χ4v) is 2.41. The Kier molecular flexibility index (Phi) is 7.20. The zero-order chi connectivity index (χ0) is 20.7. The molecular formula is C20H20F2N2O4. The van der Waals surface area contributed by atoms with Crippen LogP contribution in [-0.4, -0.2) is 42.9 Å². The van der Waals surface area contributed by atoms with Crippen LogP contribution in [0, 0.1) is 11.6 Å². The van der Waals surface area contributed by atoms with Crippen LogP contribution in [0.3, 0.4) is 0 Å². The van der Waals surface area contributed by atoms with E-state index < -0.39 is 41.6 Å². The average Bonchev–Trinajstić information content (AvgIpc) is 2.66. The van der Waals surface area contributed by atoms with Crippen molar-refractivity contribution in [3.63, 3.8) is 0 Å². The van der Waals surface area contributed by atoms with Gasteiger partial charge in [-0.2, -0.15) is 0 Å². The highest BCUT2D eigenvalue weighted by Gasteiger charge is 2.18. The first-order valence-electron chi connectivity index (χ1n) is 8.55. The van der Waals surface area contributed by atoms with Crippen LogP contribution in [0.15, 0.2) is 42.5 Å². The number of anilines is 1. The average molecular weight is 390 g/mol. The van der Waals surface area contributed by atoms with Gasteiger partial charge >= 0.3 is 5.97 Å². The molecule has 2 aromatic carbocycles. The summed E-state index contributed by atoms with van der Waals surface area (Å²) < 4.78 is 31.1. The summed E-state index contributed by atoms with van der Waals surface area (Å²) >= 11 is 0. The molecule has 2 rings (SSSR count). The Morgan fingerprint density at radius 1 is 1.11 bits per heavy atom. The van der Waals surface area contributed by atoms with Crippen molar-refractivity contribution in [3.8, 4) is 0 Å². The van der Waals surface area contributed by atoms with Crippen molar-refractivity contribution in [2.24, 2.45) is 0 Å². The fraction of sp³-hybridized carbons (Fsp3) is 0.250. The van der Waals surface area contributed by atoms with E-state index in [0.717, 1.165) is 29.0 Å².